The lowest BCUT2D eigenvalue weighted by molar-refractivity contribution is 0.172. The maximum atomic E-state index is 10.6. The Morgan fingerprint density at radius 2 is 2.00 bits per heavy atom. The van der Waals surface area contributed by atoms with Crippen LogP contribution in [-0.2, 0) is 0 Å². The van der Waals surface area contributed by atoms with Crippen LogP contribution in [0.5, 0.6) is 17.4 Å². The third kappa shape index (κ3) is 1.92. The molecule has 0 radical (unpaired) electrons. The highest BCUT2D eigenvalue weighted by Gasteiger charge is 2.18. The van der Waals surface area contributed by atoms with Crippen molar-refractivity contribution in [2.24, 2.45) is 16.0 Å². The largest absolute Gasteiger partial charge is 0.493 e. The first-order valence-electron chi connectivity index (χ1n) is 5.50. The summed E-state index contributed by atoms with van der Waals surface area (Å²) in [5.74, 6) is 0.925. The molecule has 4 N–H and O–H groups in total. The van der Waals surface area contributed by atoms with E-state index in [0.717, 1.165) is 0 Å². The molecule has 8 heteroatoms. The predicted octanol–water partition coefficient (Wildman–Crippen LogP) is 1.81. The van der Waals surface area contributed by atoms with Gasteiger partial charge in [0, 0.05) is 11.5 Å². The molecule has 0 saturated heterocycles. The topological polar surface area (TPSA) is 122 Å². The van der Waals surface area contributed by atoms with Gasteiger partial charge in [0.25, 0.3) is 0 Å². The van der Waals surface area contributed by atoms with Crippen LogP contribution in [0.3, 0.4) is 0 Å². The number of primary amides is 1. The van der Waals surface area contributed by atoms with Crippen molar-refractivity contribution in [2.45, 2.75) is 0 Å². The van der Waals surface area contributed by atoms with E-state index in [0.29, 0.717) is 35.6 Å². The maximum Gasteiger partial charge on any atom is 0.356 e. The van der Waals surface area contributed by atoms with E-state index in [1.54, 1.807) is 12.1 Å². The second kappa shape index (κ2) is 4.16. The highest BCUT2D eigenvalue weighted by atomic mass is 16.6. The summed E-state index contributed by atoms with van der Waals surface area (Å²) in [4.78, 5) is 13.3. The van der Waals surface area contributed by atoms with Gasteiger partial charge in [-0.15, -0.1) is 5.11 Å². The number of hydrogen-bond donors (Lipinski definition) is 3. The molecule has 19 heavy (non-hydrogen) atoms. The minimum Gasteiger partial charge on any atom is -0.493 e. The molecular formula is C11H10N4O4. The summed E-state index contributed by atoms with van der Waals surface area (Å²) in [6.07, 6.45) is 0. The number of aromatic hydroxyl groups is 1. The monoisotopic (exact) mass is 262 g/mol. The average molecular weight is 262 g/mol. The third-order valence-electron chi connectivity index (χ3n) is 2.66. The third-order valence-corrected chi connectivity index (χ3v) is 2.66. The Labute approximate surface area is 106 Å². The van der Waals surface area contributed by atoms with E-state index < -0.39 is 6.03 Å². The lowest BCUT2D eigenvalue weighted by atomic mass is 10.2. The van der Waals surface area contributed by atoms with Gasteiger partial charge in [-0.25, -0.2) is 4.79 Å². The van der Waals surface area contributed by atoms with Crippen molar-refractivity contribution in [3.05, 3.63) is 12.1 Å². The Hall–Kier alpha value is -2.77. The zero-order valence-corrected chi connectivity index (χ0v) is 9.71. The van der Waals surface area contributed by atoms with Gasteiger partial charge < -0.3 is 25.3 Å². The van der Waals surface area contributed by atoms with Crippen molar-refractivity contribution in [2.75, 3.05) is 13.2 Å². The molecule has 0 bridgehead atoms. The molecule has 8 nitrogen and oxygen atoms in total. The van der Waals surface area contributed by atoms with Crippen molar-refractivity contribution in [1.29, 1.82) is 0 Å². The lowest BCUT2D eigenvalue weighted by Crippen LogP contribution is -2.15. The first kappa shape index (κ1) is 11.3. The summed E-state index contributed by atoms with van der Waals surface area (Å²) in [7, 11) is 0. The van der Waals surface area contributed by atoms with E-state index in [4.69, 9.17) is 15.2 Å². The second-order valence-electron chi connectivity index (χ2n) is 3.90. The number of nitrogens with two attached hydrogens (primary N) is 1. The molecule has 0 atom stereocenters. The normalized spacial score (nSPS) is 14.1. The Bertz CT molecular complexity index is 692. The number of carbonyl (C=O) groups excluding carboxylic acids is 1. The number of urea groups is 1. The number of ether oxygens (including phenoxy) is 2. The summed E-state index contributed by atoms with van der Waals surface area (Å²) in [5.41, 5.74) is 5.61. The van der Waals surface area contributed by atoms with Crippen LogP contribution in [0.25, 0.3) is 10.9 Å². The van der Waals surface area contributed by atoms with Crippen LogP contribution in [0.2, 0.25) is 0 Å². The molecule has 0 spiro atoms. The van der Waals surface area contributed by atoms with Crippen LogP contribution in [0.4, 0.5) is 10.5 Å². The van der Waals surface area contributed by atoms with Gasteiger partial charge in [-0.2, -0.15) is 0 Å². The summed E-state index contributed by atoms with van der Waals surface area (Å²) in [6, 6.07) is 2.41. The summed E-state index contributed by atoms with van der Waals surface area (Å²) < 4.78 is 10.9. The fourth-order valence-electron chi connectivity index (χ4n) is 1.90. The smallest absolute Gasteiger partial charge is 0.356 e. The van der Waals surface area contributed by atoms with E-state index in [-0.39, 0.29) is 11.6 Å². The van der Waals surface area contributed by atoms with Crippen LogP contribution in [0, 0.1) is 0 Å². The summed E-state index contributed by atoms with van der Waals surface area (Å²) >= 11 is 0. The number of benzene rings is 1. The number of amides is 2. The number of nitrogens with one attached hydrogen (secondary N) is 1. The molecule has 0 fully saturated rings. The van der Waals surface area contributed by atoms with Crippen molar-refractivity contribution in [3.8, 4) is 17.4 Å². The van der Waals surface area contributed by atoms with Gasteiger partial charge in [-0.1, -0.05) is 5.11 Å². The van der Waals surface area contributed by atoms with E-state index in [9.17, 15) is 9.90 Å². The summed E-state index contributed by atoms with van der Waals surface area (Å²) in [5, 5.41) is 17.1. The molecule has 0 aliphatic carbocycles. The van der Waals surface area contributed by atoms with Gasteiger partial charge >= 0.3 is 6.03 Å². The van der Waals surface area contributed by atoms with Crippen LogP contribution in [0.1, 0.15) is 0 Å². The SMILES string of the molecule is NC(=O)N=Nc1c(O)[nH]c2cc3c(cc12)OCCO3. The number of carbonyl (C=O) groups is 1. The maximum absolute atomic E-state index is 10.6. The molecule has 3 rings (SSSR count). The standard InChI is InChI=1S/C11H10N4O4/c12-11(17)15-14-9-5-3-7-8(19-2-1-18-7)4-6(5)13-10(9)16/h3-4,13,16H,1-2H2,(H2,12,17). The predicted molar refractivity (Wildman–Crippen MR) is 65.1 cm³/mol. The lowest BCUT2D eigenvalue weighted by Gasteiger charge is -2.17. The molecule has 0 saturated carbocycles. The Balaban J connectivity index is 2.17. The van der Waals surface area contributed by atoms with Gasteiger partial charge in [0.15, 0.2) is 17.2 Å². The van der Waals surface area contributed by atoms with E-state index in [2.05, 4.69) is 15.2 Å². The summed E-state index contributed by atoms with van der Waals surface area (Å²) in [6.45, 7) is 0.923. The minimum atomic E-state index is -0.939. The number of azo groups is 1. The van der Waals surface area contributed by atoms with Crippen LogP contribution < -0.4 is 15.2 Å². The number of H-pyrrole nitrogens is 1. The number of aromatic amines is 1. The van der Waals surface area contributed by atoms with Crippen LogP contribution in [-0.4, -0.2) is 29.3 Å². The molecule has 0 unspecified atom stereocenters. The first-order valence-corrected chi connectivity index (χ1v) is 5.50. The zero-order valence-electron chi connectivity index (χ0n) is 9.71. The number of fused-ring (bicyclic) bond motifs is 2. The molecule has 2 heterocycles. The fourth-order valence-corrected chi connectivity index (χ4v) is 1.90. The number of rotatable bonds is 1. The molecule has 2 aromatic rings. The molecule has 1 aromatic carbocycles. The Morgan fingerprint density at radius 1 is 1.32 bits per heavy atom. The van der Waals surface area contributed by atoms with Crippen LogP contribution in [0.15, 0.2) is 22.4 Å². The zero-order chi connectivity index (χ0) is 13.4. The van der Waals surface area contributed by atoms with Gasteiger partial charge in [0.05, 0.1) is 5.52 Å². The van der Waals surface area contributed by atoms with E-state index in [1.165, 1.54) is 0 Å². The molecule has 1 aliphatic heterocycles. The van der Waals surface area contributed by atoms with Crippen molar-refractivity contribution in [3.63, 3.8) is 0 Å². The van der Waals surface area contributed by atoms with Gasteiger partial charge in [-0.3, -0.25) is 0 Å². The second-order valence-corrected chi connectivity index (χ2v) is 3.90. The first-order chi connectivity index (χ1) is 9.15. The Morgan fingerprint density at radius 3 is 2.68 bits per heavy atom. The fraction of sp³-hybridized carbons (Fsp3) is 0.182. The van der Waals surface area contributed by atoms with E-state index >= 15 is 0 Å². The highest BCUT2D eigenvalue weighted by molar-refractivity contribution is 5.96. The Kier molecular flexibility index (Phi) is 2.48. The highest BCUT2D eigenvalue weighted by Crippen LogP contribution is 2.42. The van der Waals surface area contributed by atoms with Gasteiger partial charge in [-0.05, 0) is 6.07 Å². The van der Waals surface area contributed by atoms with E-state index in [1.807, 2.05) is 0 Å². The average Bonchev–Trinajstić information content (AvgIpc) is 2.68. The quantitative estimate of drug-likeness (QED) is 0.678. The van der Waals surface area contributed by atoms with Gasteiger partial charge in [0.1, 0.15) is 13.2 Å². The molecule has 98 valence electrons. The number of nitrogens with zero attached hydrogens (tertiary/aromatic N) is 2. The van der Waals surface area contributed by atoms with Gasteiger partial charge in [0.2, 0.25) is 5.88 Å². The van der Waals surface area contributed by atoms with Crippen molar-refractivity contribution >= 4 is 22.6 Å². The molecule has 1 aromatic heterocycles. The molecular weight excluding hydrogens is 252 g/mol. The van der Waals surface area contributed by atoms with Crippen molar-refractivity contribution < 1.29 is 19.4 Å². The number of aromatic nitrogens is 1. The molecule has 1 aliphatic rings. The number of hydrogen-bond acceptors (Lipinski definition) is 5. The van der Waals surface area contributed by atoms with Crippen LogP contribution >= 0.6 is 0 Å². The van der Waals surface area contributed by atoms with Crippen molar-refractivity contribution in [1.82, 2.24) is 4.98 Å². The molecule has 2 amide bonds. The minimum absolute atomic E-state index is 0.130.